The molecule has 0 bridgehead atoms. The standard InChI is InChI=1S/C12H15N3/c1-9(13)10-3-5-11(6-4-10)12-7-8-14-15(12)2/h3-9H,13H2,1-2H3. The van der Waals surface area contributed by atoms with Crippen LogP contribution in [-0.4, -0.2) is 9.78 Å². The van der Waals surface area contributed by atoms with Crippen LogP contribution in [0.15, 0.2) is 36.5 Å². The molecule has 0 aliphatic heterocycles. The van der Waals surface area contributed by atoms with Crippen molar-refractivity contribution >= 4 is 0 Å². The lowest BCUT2D eigenvalue weighted by Gasteiger charge is -2.07. The molecule has 0 aliphatic carbocycles. The van der Waals surface area contributed by atoms with Gasteiger partial charge in [0.1, 0.15) is 0 Å². The second kappa shape index (κ2) is 3.87. The van der Waals surface area contributed by atoms with Crippen LogP contribution in [0.25, 0.3) is 11.3 Å². The maximum Gasteiger partial charge on any atom is 0.0678 e. The van der Waals surface area contributed by atoms with E-state index >= 15 is 0 Å². The van der Waals surface area contributed by atoms with Gasteiger partial charge in [0.05, 0.1) is 5.69 Å². The maximum absolute atomic E-state index is 5.79. The van der Waals surface area contributed by atoms with E-state index < -0.39 is 0 Å². The quantitative estimate of drug-likeness (QED) is 0.808. The number of benzene rings is 1. The van der Waals surface area contributed by atoms with Crippen LogP contribution >= 0.6 is 0 Å². The molecule has 0 radical (unpaired) electrons. The van der Waals surface area contributed by atoms with Gasteiger partial charge in [0.25, 0.3) is 0 Å². The van der Waals surface area contributed by atoms with Crippen molar-refractivity contribution in [3.05, 3.63) is 42.1 Å². The molecule has 1 aromatic carbocycles. The third-order valence-electron chi connectivity index (χ3n) is 2.55. The number of rotatable bonds is 2. The minimum absolute atomic E-state index is 0.0885. The van der Waals surface area contributed by atoms with Gasteiger partial charge in [-0.15, -0.1) is 0 Å². The Balaban J connectivity index is 2.36. The molecule has 0 amide bonds. The van der Waals surface area contributed by atoms with Crippen molar-refractivity contribution in [2.75, 3.05) is 0 Å². The summed E-state index contributed by atoms with van der Waals surface area (Å²) >= 11 is 0. The fraction of sp³-hybridized carbons (Fsp3) is 0.250. The van der Waals surface area contributed by atoms with E-state index in [4.69, 9.17) is 5.73 Å². The molecule has 0 aliphatic rings. The van der Waals surface area contributed by atoms with Gasteiger partial charge in [-0.1, -0.05) is 24.3 Å². The minimum Gasteiger partial charge on any atom is -0.324 e. The molecule has 1 heterocycles. The van der Waals surface area contributed by atoms with Crippen molar-refractivity contribution in [1.29, 1.82) is 0 Å². The van der Waals surface area contributed by atoms with Gasteiger partial charge in [0.2, 0.25) is 0 Å². The van der Waals surface area contributed by atoms with E-state index in [1.807, 2.05) is 24.7 Å². The Morgan fingerprint density at radius 3 is 2.33 bits per heavy atom. The SMILES string of the molecule is CC(N)c1ccc(-c2ccnn2C)cc1. The first-order valence-corrected chi connectivity index (χ1v) is 5.02. The predicted octanol–water partition coefficient (Wildman–Crippen LogP) is 2.11. The molecule has 3 nitrogen and oxygen atoms in total. The Kier molecular flexibility index (Phi) is 2.56. The molecule has 0 saturated carbocycles. The molecule has 1 aromatic heterocycles. The Bertz CT molecular complexity index is 440. The molecular formula is C12H15N3. The first-order chi connectivity index (χ1) is 7.18. The van der Waals surface area contributed by atoms with Crippen LogP contribution in [0.1, 0.15) is 18.5 Å². The van der Waals surface area contributed by atoms with Crippen molar-refractivity contribution in [2.24, 2.45) is 12.8 Å². The Labute approximate surface area is 89.5 Å². The Morgan fingerprint density at radius 1 is 1.20 bits per heavy atom. The van der Waals surface area contributed by atoms with E-state index in [0.717, 1.165) is 11.3 Å². The van der Waals surface area contributed by atoms with Gasteiger partial charge >= 0.3 is 0 Å². The molecule has 2 aromatic rings. The zero-order chi connectivity index (χ0) is 10.8. The second-order valence-corrected chi connectivity index (χ2v) is 3.75. The van der Waals surface area contributed by atoms with Gasteiger partial charge in [-0.25, -0.2) is 0 Å². The number of nitrogens with two attached hydrogens (primary N) is 1. The third-order valence-corrected chi connectivity index (χ3v) is 2.55. The van der Waals surface area contributed by atoms with Crippen molar-refractivity contribution in [2.45, 2.75) is 13.0 Å². The van der Waals surface area contributed by atoms with E-state index in [2.05, 4.69) is 29.4 Å². The normalized spacial score (nSPS) is 12.7. The topological polar surface area (TPSA) is 43.8 Å². The minimum atomic E-state index is 0.0885. The van der Waals surface area contributed by atoms with E-state index in [1.165, 1.54) is 5.56 Å². The van der Waals surface area contributed by atoms with E-state index in [0.29, 0.717) is 0 Å². The number of hydrogen-bond acceptors (Lipinski definition) is 2. The maximum atomic E-state index is 5.79. The lowest BCUT2D eigenvalue weighted by Crippen LogP contribution is -2.04. The zero-order valence-electron chi connectivity index (χ0n) is 9.01. The smallest absolute Gasteiger partial charge is 0.0678 e. The highest BCUT2D eigenvalue weighted by Gasteiger charge is 2.03. The second-order valence-electron chi connectivity index (χ2n) is 3.75. The van der Waals surface area contributed by atoms with Crippen LogP contribution in [0, 0.1) is 0 Å². The Hall–Kier alpha value is -1.61. The van der Waals surface area contributed by atoms with Gasteiger partial charge in [-0.3, -0.25) is 4.68 Å². The number of hydrogen-bond donors (Lipinski definition) is 1. The highest BCUT2D eigenvalue weighted by Crippen LogP contribution is 2.20. The molecule has 0 fully saturated rings. The van der Waals surface area contributed by atoms with Crippen LogP contribution in [0.4, 0.5) is 0 Å². The molecule has 1 atom stereocenters. The summed E-state index contributed by atoms with van der Waals surface area (Å²) in [5.74, 6) is 0. The lowest BCUT2D eigenvalue weighted by molar-refractivity contribution is 0.775. The summed E-state index contributed by atoms with van der Waals surface area (Å²) in [5, 5.41) is 4.14. The summed E-state index contributed by atoms with van der Waals surface area (Å²) in [6, 6.07) is 10.4. The summed E-state index contributed by atoms with van der Waals surface area (Å²) in [6.07, 6.45) is 1.80. The van der Waals surface area contributed by atoms with Crippen molar-refractivity contribution in [3.8, 4) is 11.3 Å². The summed E-state index contributed by atoms with van der Waals surface area (Å²) < 4.78 is 1.86. The number of aryl methyl sites for hydroxylation is 1. The summed E-state index contributed by atoms with van der Waals surface area (Å²) in [4.78, 5) is 0. The van der Waals surface area contributed by atoms with Crippen LogP contribution in [0.5, 0.6) is 0 Å². The highest BCUT2D eigenvalue weighted by atomic mass is 15.2. The van der Waals surface area contributed by atoms with Crippen molar-refractivity contribution in [1.82, 2.24) is 9.78 Å². The van der Waals surface area contributed by atoms with Crippen molar-refractivity contribution < 1.29 is 0 Å². The summed E-state index contributed by atoms with van der Waals surface area (Å²) in [6.45, 7) is 1.99. The molecule has 0 spiro atoms. The first kappa shape index (κ1) is 9.93. The fourth-order valence-electron chi connectivity index (χ4n) is 1.61. The predicted molar refractivity (Wildman–Crippen MR) is 61.2 cm³/mol. The van der Waals surface area contributed by atoms with E-state index in [9.17, 15) is 0 Å². The van der Waals surface area contributed by atoms with Crippen LogP contribution in [-0.2, 0) is 7.05 Å². The van der Waals surface area contributed by atoms with Crippen LogP contribution in [0.3, 0.4) is 0 Å². The summed E-state index contributed by atoms with van der Waals surface area (Å²) in [5.41, 5.74) is 9.23. The molecular weight excluding hydrogens is 186 g/mol. The third kappa shape index (κ3) is 1.92. The monoisotopic (exact) mass is 201 g/mol. The molecule has 3 heteroatoms. The Morgan fingerprint density at radius 2 is 1.87 bits per heavy atom. The molecule has 0 saturated heterocycles. The zero-order valence-corrected chi connectivity index (χ0v) is 9.01. The fourth-order valence-corrected chi connectivity index (χ4v) is 1.61. The largest absolute Gasteiger partial charge is 0.324 e. The molecule has 2 N–H and O–H groups in total. The van der Waals surface area contributed by atoms with Crippen LogP contribution < -0.4 is 5.73 Å². The average Bonchev–Trinajstić information content (AvgIpc) is 2.65. The van der Waals surface area contributed by atoms with Gasteiger partial charge in [0.15, 0.2) is 0 Å². The van der Waals surface area contributed by atoms with Gasteiger partial charge in [-0.2, -0.15) is 5.10 Å². The molecule has 1 unspecified atom stereocenters. The van der Waals surface area contributed by atoms with E-state index in [1.54, 1.807) is 6.20 Å². The molecule has 78 valence electrons. The average molecular weight is 201 g/mol. The van der Waals surface area contributed by atoms with E-state index in [-0.39, 0.29) is 6.04 Å². The van der Waals surface area contributed by atoms with Crippen LogP contribution in [0.2, 0.25) is 0 Å². The van der Waals surface area contributed by atoms with Gasteiger partial charge in [0, 0.05) is 19.3 Å². The highest BCUT2D eigenvalue weighted by molar-refractivity contribution is 5.59. The lowest BCUT2D eigenvalue weighted by atomic mass is 10.1. The first-order valence-electron chi connectivity index (χ1n) is 5.02. The van der Waals surface area contributed by atoms with Gasteiger partial charge in [-0.05, 0) is 24.1 Å². The molecule has 15 heavy (non-hydrogen) atoms. The summed E-state index contributed by atoms with van der Waals surface area (Å²) in [7, 11) is 1.94. The number of aromatic nitrogens is 2. The van der Waals surface area contributed by atoms with Gasteiger partial charge < -0.3 is 5.73 Å². The molecule has 2 rings (SSSR count). The number of nitrogens with zero attached hydrogens (tertiary/aromatic N) is 2. The van der Waals surface area contributed by atoms with Crippen molar-refractivity contribution in [3.63, 3.8) is 0 Å².